The van der Waals surface area contributed by atoms with Crippen molar-refractivity contribution >= 4 is 6.03 Å². The summed E-state index contributed by atoms with van der Waals surface area (Å²) in [5.41, 5.74) is 1.21. The lowest BCUT2D eigenvalue weighted by atomic mass is 10.1. The standard InChI is InChI=1S/C12H22N2O2/c1-10(2)5-7-13-12(15)14-11-4-3-8-16-9-6-11/h5,11H,3-4,6-9H2,1-2H3,(H2,13,14,15)/t11-/m1/s1. The molecule has 0 saturated carbocycles. The zero-order valence-electron chi connectivity index (χ0n) is 10.2. The van der Waals surface area contributed by atoms with E-state index in [9.17, 15) is 4.79 Å². The summed E-state index contributed by atoms with van der Waals surface area (Å²) < 4.78 is 5.34. The zero-order chi connectivity index (χ0) is 11.8. The lowest BCUT2D eigenvalue weighted by molar-refractivity contribution is 0.143. The van der Waals surface area contributed by atoms with E-state index in [0.717, 1.165) is 32.5 Å². The number of carbonyl (C=O) groups excluding carboxylic acids is 1. The average Bonchev–Trinajstić information content (AvgIpc) is 2.45. The number of urea groups is 1. The van der Waals surface area contributed by atoms with E-state index in [-0.39, 0.29) is 12.1 Å². The van der Waals surface area contributed by atoms with E-state index in [1.165, 1.54) is 5.57 Å². The molecular formula is C12H22N2O2. The van der Waals surface area contributed by atoms with Gasteiger partial charge in [-0.05, 0) is 33.1 Å². The van der Waals surface area contributed by atoms with Crippen LogP contribution in [-0.4, -0.2) is 31.8 Å². The topological polar surface area (TPSA) is 50.4 Å². The van der Waals surface area contributed by atoms with Crippen LogP contribution in [0, 0.1) is 0 Å². The number of hydrogen-bond acceptors (Lipinski definition) is 2. The number of hydrogen-bond donors (Lipinski definition) is 2. The van der Waals surface area contributed by atoms with Crippen LogP contribution in [-0.2, 0) is 4.74 Å². The van der Waals surface area contributed by atoms with Crippen LogP contribution in [0.2, 0.25) is 0 Å². The number of rotatable bonds is 3. The minimum atomic E-state index is -0.0793. The van der Waals surface area contributed by atoms with Gasteiger partial charge in [-0.3, -0.25) is 0 Å². The smallest absolute Gasteiger partial charge is 0.315 e. The Kier molecular flexibility index (Phi) is 5.93. The first kappa shape index (κ1) is 13.0. The molecule has 0 unspecified atom stereocenters. The van der Waals surface area contributed by atoms with Gasteiger partial charge in [0.05, 0.1) is 0 Å². The first-order valence-electron chi connectivity index (χ1n) is 5.94. The number of nitrogens with one attached hydrogen (secondary N) is 2. The molecule has 92 valence electrons. The van der Waals surface area contributed by atoms with Crippen molar-refractivity contribution in [3.05, 3.63) is 11.6 Å². The third-order valence-corrected chi connectivity index (χ3v) is 2.56. The molecule has 4 nitrogen and oxygen atoms in total. The Morgan fingerprint density at radius 1 is 1.38 bits per heavy atom. The molecule has 1 aliphatic heterocycles. The summed E-state index contributed by atoms with van der Waals surface area (Å²) in [6.45, 7) is 6.19. The predicted molar refractivity (Wildman–Crippen MR) is 64.4 cm³/mol. The molecule has 1 aliphatic rings. The quantitative estimate of drug-likeness (QED) is 0.721. The lowest BCUT2D eigenvalue weighted by Crippen LogP contribution is -2.42. The van der Waals surface area contributed by atoms with E-state index >= 15 is 0 Å². The fraction of sp³-hybridized carbons (Fsp3) is 0.750. The second-order valence-corrected chi connectivity index (χ2v) is 4.38. The molecule has 1 rings (SSSR count). The molecule has 2 N–H and O–H groups in total. The molecule has 0 aliphatic carbocycles. The monoisotopic (exact) mass is 226 g/mol. The fourth-order valence-corrected chi connectivity index (χ4v) is 1.63. The van der Waals surface area contributed by atoms with Gasteiger partial charge in [-0.1, -0.05) is 11.6 Å². The Hall–Kier alpha value is -1.03. The van der Waals surface area contributed by atoms with Crippen LogP contribution in [0.1, 0.15) is 33.1 Å². The van der Waals surface area contributed by atoms with Crippen molar-refractivity contribution in [2.45, 2.75) is 39.2 Å². The van der Waals surface area contributed by atoms with Crippen LogP contribution in [0.5, 0.6) is 0 Å². The summed E-state index contributed by atoms with van der Waals surface area (Å²) in [5.74, 6) is 0. The highest BCUT2D eigenvalue weighted by atomic mass is 16.5. The molecule has 0 aromatic heterocycles. The average molecular weight is 226 g/mol. The number of amides is 2. The Balaban J connectivity index is 2.19. The van der Waals surface area contributed by atoms with Crippen molar-refractivity contribution in [3.8, 4) is 0 Å². The molecule has 1 fully saturated rings. The molecule has 4 heteroatoms. The fourth-order valence-electron chi connectivity index (χ4n) is 1.63. The SMILES string of the molecule is CC(C)=CCNC(=O)N[C@@H]1CCCOCC1. The van der Waals surface area contributed by atoms with E-state index in [2.05, 4.69) is 10.6 Å². The van der Waals surface area contributed by atoms with Gasteiger partial charge >= 0.3 is 6.03 Å². The second-order valence-electron chi connectivity index (χ2n) is 4.38. The maximum Gasteiger partial charge on any atom is 0.315 e. The summed E-state index contributed by atoms with van der Waals surface area (Å²) in [5, 5.41) is 5.79. The molecule has 0 spiro atoms. The minimum absolute atomic E-state index is 0.0793. The van der Waals surface area contributed by atoms with Crippen LogP contribution in [0.25, 0.3) is 0 Å². The van der Waals surface area contributed by atoms with Gasteiger partial charge in [0.15, 0.2) is 0 Å². The molecule has 16 heavy (non-hydrogen) atoms. The van der Waals surface area contributed by atoms with Crippen molar-refractivity contribution in [2.24, 2.45) is 0 Å². The number of ether oxygens (including phenoxy) is 1. The summed E-state index contributed by atoms with van der Waals surface area (Å²) in [4.78, 5) is 11.5. The summed E-state index contributed by atoms with van der Waals surface area (Å²) in [6, 6.07) is 0.179. The van der Waals surface area contributed by atoms with Gasteiger partial charge in [0, 0.05) is 25.8 Å². The van der Waals surface area contributed by atoms with Crippen LogP contribution in [0.4, 0.5) is 4.79 Å². The summed E-state index contributed by atoms with van der Waals surface area (Å²) in [7, 11) is 0. The van der Waals surface area contributed by atoms with Gasteiger partial charge in [-0.2, -0.15) is 0 Å². The molecule has 0 aromatic carbocycles. The summed E-state index contributed by atoms with van der Waals surface area (Å²) >= 11 is 0. The number of carbonyl (C=O) groups is 1. The Bertz CT molecular complexity index is 239. The Morgan fingerprint density at radius 3 is 2.94 bits per heavy atom. The molecule has 1 atom stereocenters. The largest absolute Gasteiger partial charge is 0.381 e. The Morgan fingerprint density at radius 2 is 2.19 bits per heavy atom. The molecule has 0 bridgehead atoms. The highest BCUT2D eigenvalue weighted by Gasteiger charge is 2.13. The summed E-state index contributed by atoms with van der Waals surface area (Å²) in [6.07, 6.45) is 4.95. The van der Waals surface area contributed by atoms with Gasteiger partial charge in [0.1, 0.15) is 0 Å². The normalized spacial score (nSPS) is 20.8. The third-order valence-electron chi connectivity index (χ3n) is 2.56. The van der Waals surface area contributed by atoms with Crippen molar-refractivity contribution in [3.63, 3.8) is 0 Å². The third kappa shape index (κ3) is 5.75. The van der Waals surface area contributed by atoms with Crippen LogP contribution >= 0.6 is 0 Å². The van der Waals surface area contributed by atoms with Crippen LogP contribution in [0.15, 0.2) is 11.6 Å². The molecule has 0 aromatic rings. The molecule has 1 saturated heterocycles. The van der Waals surface area contributed by atoms with Gasteiger partial charge in [0.2, 0.25) is 0 Å². The maximum atomic E-state index is 11.5. The van der Waals surface area contributed by atoms with Crippen molar-refractivity contribution in [1.29, 1.82) is 0 Å². The first-order chi connectivity index (χ1) is 7.68. The van der Waals surface area contributed by atoms with Gasteiger partial charge in [-0.15, -0.1) is 0 Å². The first-order valence-corrected chi connectivity index (χ1v) is 5.94. The zero-order valence-corrected chi connectivity index (χ0v) is 10.2. The lowest BCUT2D eigenvalue weighted by Gasteiger charge is -2.15. The highest BCUT2D eigenvalue weighted by Crippen LogP contribution is 2.07. The minimum Gasteiger partial charge on any atom is -0.381 e. The predicted octanol–water partition coefficient (Wildman–Crippen LogP) is 1.82. The highest BCUT2D eigenvalue weighted by molar-refractivity contribution is 5.74. The van der Waals surface area contributed by atoms with Crippen molar-refractivity contribution < 1.29 is 9.53 Å². The van der Waals surface area contributed by atoms with Crippen LogP contribution < -0.4 is 10.6 Å². The van der Waals surface area contributed by atoms with E-state index in [4.69, 9.17) is 4.74 Å². The molecular weight excluding hydrogens is 204 g/mol. The van der Waals surface area contributed by atoms with Gasteiger partial charge in [0.25, 0.3) is 0 Å². The van der Waals surface area contributed by atoms with E-state index in [1.54, 1.807) is 0 Å². The maximum absolute atomic E-state index is 11.5. The van der Waals surface area contributed by atoms with E-state index < -0.39 is 0 Å². The van der Waals surface area contributed by atoms with Gasteiger partial charge in [-0.25, -0.2) is 4.79 Å². The van der Waals surface area contributed by atoms with E-state index in [1.807, 2.05) is 19.9 Å². The van der Waals surface area contributed by atoms with Crippen molar-refractivity contribution in [1.82, 2.24) is 10.6 Å². The van der Waals surface area contributed by atoms with Crippen molar-refractivity contribution in [2.75, 3.05) is 19.8 Å². The van der Waals surface area contributed by atoms with E-state index in [0.29, 0.717) is 6.54 Å². The van der Waals surface area contributed by atoms with Crippen LogP contribution in [0.3, 0.4) is 0 Å². The Labute approximate surface area is 97.4 Å². The van der Waals surface area contributed by atoms with Gasteiger partial charge < -0.3 is 15.4 Å². The molecule has 0 radical (unpaired) electrons. The second kappa shape index (κ2) is 7.28. The molecule has 1 heterocycles. The number of allylic oxidation sites excluding steroid dienone is 1. The molecule has 2 amide bonds.